The summed E-state index contributed by atoms with van der Waals surface area (Å²) >= 11 is 6.73. The van der Waals surface area contributed by atoms with Gasteiger partial charge >= 0.3 is 0 Å². The van der Waals surface area contributed by atoms with Crippen LogP contribution in [0.15, 0.2) is 19.6 Å². The van der Waals surface area contributed by atoms with E-state index in [9.17, 15) is 4.79 Å². The van der Waals surface area contributed by atoms with Gasteiger partial charge in [-0.3, -0.25) is 9.69 Å². The summed E-state index contributed by atoms with van der Waals surface area (Å²) in [5, 5.41) is 6.13. The highest BCUT2D eigenvalue weighted by atomic mass is 79.9. The number of rotatable bonds is 4. The second-order valence-electron chi connectivity index (χ2n) is 4.42. The lowest BCUT2D eigenvalue weighted by Gasteiger charge is -2.34. The molecule has 2 heterocycles. The van der Waals surface area contributed by atoms with Crippen LogP contribution in [-0.4, -0.2) is 43.0 Å². The minimum absolute atomic E-state index is 0.0689. The first kappa shape index (κ1) is 15.0. The Morgan fingerprint density at radius 1 is 1.63 bits per heavy atom. The van der Waals surface area contributed by atoms with Gasteiger partial charge in [0.15, 0.2) is 4.67 Å². The Hall–Kier alpha value is -0.370. The van der Waals surface area contributed by atoms with Gasteiger partial charge in [0.05, 0.1) is 11.0 Å². The van der Waals surface area contributed by atoms with Gasteiger partial charge in [0, 0.05) is 26.2 Å². The Kier molecular flexibility index (Phi) is 5.44. The normalized spacial score (nSPS) is 20.5. The first-order chi connectivity index (χ1) is 9.11. The smallest absolute Gasteiger partial charge is 0.238 e. The number of hydrogen-bond acceptors (Lipinski definition) is 4. The Bertz CT molecular complexity index is 431. The first-order valence-electron chi connectivity index (χ1n) is 6.28. The topological polar surface area (TPSA) is 57.5 Å². The van der Waals surface area contributed by atoms with Gasteiger partial charge < -0.3 is 15.1 Å². The van der Waals surface area contributed by atoms with Crippen molar-refractivity contribution in [1.29, 1.82) is 0 Å². The van der Waals surface area contributed by atoms with Crippen LogP contribution in [0, 0.1) is 0 Å². The largest absolute Gasteiger partial charge is 0.452 e. The lowest BCUT2D eigenvalue weighted by atomic mass is 10.1. The molecule has 1 aliphatic rings. The molecular weight excluding hydrogens is 378 g/mol. The number of nitrogens with zero attached hydrogens (tertiary/aromatic N) is 1. The standard InChI is InChI=1S/C12H17Br2N3O2/c1-2-16-12(18)10-6-15-3-4-17(10)7-8-5-9(13)11(14)19-8/h5,10,15H,2-4,6-7H2,1H3,(H,16,18). The van der Waals surface area contributed by atoms with E-state index in [1.165, 1.54) is 0 Å². The number of likely N-dealkylation sites (N-methyl/N-ethyl adjacent to an activating group) is 1. The fourth-order valence-electron chi connectivity index (χ4n) is 2.16. The van der Waals surface area contributed by atoms with Crippen LogP contribution < -0.4 is 10.6 Å². The molecule has 106 valence electrons. The van der Waals surface area contributed by atoms with E-state index in [2.05, 4.69) is 47.4 Å². The number of carbonyl (C=O) groups is 1. The molecular formula is C12H17Br2N3O2. The molecule has 2 N–H and O–H groups in total. The Labute approximate surface area is 129 Å². The molecule has 5 nitrogen and oxygen atoms in total. The van der Waals surface area contributed by atoms with Crippen LogP contribution in [0.3, 0.4) is 0 Å². The van der Waals surface area contributed by atoms with Crippen LogP contribution in [0.25, 0.3) is 0 Å². The summed E-state index contributed by atoms with van der Waals surface area (Å²) in [4.78, 5) is 14.2. The van der Waals surface area contributed by atoms with Crippen molar-refractivity contribution in [3.63, 3.8) is 0 Å². The van der Waals surface area contributed by atoms with E-state index in [1.807, 2.05) is 13.0 Å². The summed E-state index contributed by atoms with van der Waals surface area (Å²) in [5.74, 6) is 0.911. The summed E-state index contributed by atoms with van der Waals surface area (Å²) in [5.41, 5.74) is 0. The highest BCUT2D eigenvalue weighted by Gasteiger charge is 2.29. The van der Waals surface area contributed by atoms with Crippen molar-refractivity contribution >= 4 is 37.8 Å². The molecule has 0 aromatic carbocycles. The molecule has 1 aromatic rings. The number of nitrogens with one attached hydrogen (secondary N) is 2. The van der Waals surface area contributed by atoms with E-state index in [1.54, 1.807) is 0 Å². The summed E-state index contributed by atoms with van der Waals surface area (Å²) in [6.07, 6.45) is 0. The van der Waals surface area contributed by atoms with E-state index in [4.69, 9.17) is 4.42 Å². The van der Waals surface area contributed by atoms with E-state index in [0.717, 1.165) is 23.3 Å². The van der Waals surface area contributed by atoms with Crippen molar-refractivity contribution in [2.45, 2.75) is 19.5 Å². The van der Waals surface area contributed by atoms with E-state index < -0.39 is 0 Å². The highest BCUT2D eigenvalue weighted by Crippen LogP contribution is 2.27. The minimum atomic E-state index is -0.142. The Morgan fingerprint density at radius 3 is 3.05 bits per heavy atom. The van der Waals surface area contributed by atoms with Gasteiger partial charge in [0.2, 0.25) is 5.91 Å². The molecule has 1 fully saturated rings. The number of piperazine rings is 1. The Balaban J connectivity index is 2.05. The molecule has 1 unspecified atom stereocenters. The number of carbonyl (C=O) groups excluding carboxylic acids is 1. The monoisotopic (exact) mass is 393 g/mol. The summed E-state index contributed by atoms with van der Waals surface area (Å²) in [6.45, 7) is 5.61. The zero-order valence-corrected chi connectivity index (χ0v) is 13.9. The van der Waals surface area contributed by atoms with Crippen molar-refractivity contribution in [1.82, 2.24) is 15.5 Å². The van der Waals surface area contributed by atoms with Gasteiger partial charge in [-0.15, -0.1) is 0 Å². The molecule has 0 radical (unpaired) electrons. The zero-order valence-electron chi connectivity index (χ0n) is 10.7. The molecule has 19 heavy (non-hydrogen) atoms. The predicted octanol–water partition coefficient (Wildman–Crippen LogP) is 1.71. The van der Waals surface area contributed by atoms with Crippen LogP contribution in [-0.2, 0) is 11.3 Å². The van der Waals surface area contributed by atoms with Crippen LogP contribution in [0.2, 0.25) is 0 Å². The molecule has 1 atom stereocenters. The quantitative estimate of drug-likeness (QED) is 0.816. The molecule has 1 aromatic heterocycles. The average molecular weight is 395 g/mol. The maximum atomic E-state index is 12.0. The molecule has 7 heteroatoms. The van der Waals surface area contributed by atoms with Crippen LogP contribution in [0.4, 0.5) is 0 Å². The van der Waals surface area contributed by atoms with Crippen molar-refractivity contribution in [2.24, 2.45) is 0 Å². The molecule has 0 saturated carbocycles. The fourth-order valence-corrected chi connectivity index (χ4v) is 2.81. The second kappa shape index (κ2) is 6.88. The molecule has 0 bridgehead atoms. The molecule has 1 amide bonds. The van der Waals surface area contributed by atoms with Crippen molar-refractivity contribution in [3.8, 4) is 0 Å². The molecule has 0 spiro atoms. The predicted molar refractivity (Wildman–Crippen MR) is 79.9 cm³/mol. The van der Waals surface area contributed by atoms with Gasteiger partial charge in [-0.25, -0.2) is 0 Å². The van der Waals surface area contributed by atoms with Crippen LogP contribution >= 0.6 is 31.9 Å². The minimum Gasteiger partial charge on any atom is -0.452 e. The molecule has 1 saturated heterocycles. The lowest BCUT2D eigenvalue weighted by Crippen LogP contribution is -2.57. The van der Waals surface area contributed by atoms with Crippen LogP contribution in [0.1, 0.15) is 12.7 Å². The Morgan fingerprint density at radius 2 is 2.42 bits per heavy atom. The van der Waals surface area contributed by atoms with E-state index in [0.29, 0.717) is 24.3 Å². The van der Waals surface area contributed by atoms with E-state index in [-0.39, 0.29) is 11.9 Å². The maximum absolute atomic E-state index is 12.0. The third-order valence-electron chi connectivity index (χ3n) is 3.06. The van der Waals surface area contributed by atoms with Gasteiger partial charge in [-0.2, -0.15) is 0 Å². The fraction of sp³-hybridized carbons (Fsp3) is 0.583. The van der Waals surface area contributed by atoms with Gasteiger partial charge in [-0.05, 0) is 44.8 Å². The summed E-state index contributed by atoms with van der Waals surface area (Å²) in [6, 6.07) is 1.79. The number of amides is 1. The first-order valence-corrected chi connectivity index (χ1v) is 7.86. The molecule has 2 rings (SSSR count). The maximum Gasteiger partial charge on any atom is 0.238 e. The number of furan rings is 1. The lowest BCUT2D eigenvalue weighted by molar-refractivity contribution is -0.127. The van der Waals surface area contributed by atoms with Crippen molar-refractivity contribution < 1.29 is 9.21 Å². The van der Waals surface area contributed by atoms with Gasteiger partial charge in [-0.1, -0.05) is 0 Å². The van der Waals surface area contributed by atoms with Gasteiger partial charge in [0.1, 0.15) is 11.8 Å². The van der Waals surface area contributed by atoms with Crippen molar-refractivity contribution in [3.05, 3.63) is 21.0 Å². The van der Waals surface area contributed by atoms with Crippen LogP contribution in [0.5, 0.6) is 0 Å². The third kappa shape index (κ3) is 3.81. The molecule has 0 aliphatic carbocycles. The van der Waals surface area contributed by atoms with E-state index >= 15 is 0 Å². The summed E-state index contributed by atoms with van der Waals surface area (Å²) < 4.78 is 7.16. The highest BCUT2D eigenvalue weighted by molar-refractivity contribution is 9.13. The number of halogens is 2. The van der Waals surface area contributed by atoms with Gasteiger partial charge in [0.25, 0.3) is 0 Å². The number of hydrogen-bond donors (Lipinski definition) is 2. The average Bonchev–Trinajstić information content (AvgIpc) is 2.69. The molecule has 1 aliphatic heterocycles. The SMILES string of the molecule is CCNC(=O)C1CNCCN1Cc1cc(Br)c(Br)o1. The zero-order chi connectivity index (χ0) is 13.8. The third-order valence-corrected chi connectivity index (χ3v) is 4.77. The second-order valence-corrected chi connectivity index (χ2v) is 5.99. The summed E-state index contributed by atoms with van der Waals surface area (Å²) in [7, 11) is 0. The van der Waals surface area contributed by atoms with Crippen molar-refractivity contribution in [2.75, 3.05) is 26.2 Å².